The Balaban J connectivity index is 0.00000228. The highest BCUT2D eigenvalue weighted by Gasteiger charge is 2.11. The molecule has 0 saturated heterocycles. The van der Waals surface area contributed by atoms with Crippen molar-refractivity contribution >= 4 is 33.2 Å². The highest BCUT2D eigenvalue weighted by molar-refractivity contribution is 5.88. The summed E-state index contributed by atoms with van der Waals surface area (Å²) in [6, 6.07) is 20.9. The first-order valence-electron chi connectivity index (χ1n) is 13.1. The third kappa shape index (κ3) is 8.43. The first-order valence-corrected chi connectivity index (χ1v) is 13.1. The van der Waals surface area contributed by atoms with Crippen molar-refractivity contribution in [2.75, 3.05) is 11.5 Å². The minimum absolute atomic E-state index is 0. The van der Waals surface area contributed by atoms with Crippen LogP contribution in [0.15, 0.2) is 73.1 Å². The summed E-state index contributed by atoms with van der Waals surface area (Å²) in [7, 11) is 0. The Labute approximate surface area is 250 Å². The van der Waals surface area contributed by atoms with Gasteiger partial charge in [-0.05, 0) is 25.0 Å². The lowest BCUT2D eigenvalue weighted by molar-refractivity contribution is -0.672. The number of anilines is 2. The summed E-state index contributed by atoms with van der Waals surface area (Å²) in [4.78, 5) is 0. The Bertz CT molecular complexity index is 1120. The van der Waals surface area contributed by atoms with Gasteiger partial charge in [0.1, 0.15) is 13.1 Å². The molecule has 4 N–H and O–H groups in total. The highest BCUT2D eigenvalue weighted by Crippen LogP contribution is 2.18. The fourth-order valence-electron chi connectivity index (χ4n) is 4.99. The molecule has 2 aromatic heterocycles. The van der Waals surface area contributed by atoms with Gasteiger partial charge in [0.25, 0.3) is 0 Å². The van der Waals surface area contributed by atoms with E-state index in [2.05, 4.69) is 70.1 Å². The van der Waals surface area contributed by atoms with E-state index < -0.39 is 0 Å². The van der Waals surface area contributed by atoms with Gasteiger partial charge in [-0.15, -0.1) is 0 Å². The van der Waals surface area contributed by atoms with Crippen LogP contribution in [-0.2, 0) is 13.1 Å². The summed E-state index contributed by atoms with van der Waals surface area (Å²) in [6.07, 6.45) is 17.5. The van der Waals surface area contributed by atoms with Crippen molar-refractivity contribution in [1.29, 1.82) is 0 Å². The first-order chi connectivity index (χ1) is 16.7. The molecule has 4 rings (SSSR count). The monoisotopic (exact) mass is 710 g/mol. The normalized spacial score (nSPS) is 10.8. The Morgan fingerprint density at radius 2 is 0.778 bits per heavy atom. The number of hydrogen-bond donors (Lipinski definition) is 2. The van der Waals surface area contributed by atoms with Crippen molar-refractivity contribution in [1.82, 2.24) is 0 Å². The summed E-state index contributed by atoms with van der Waals surface area (Å²) in [5, 5.41) is 2.32. The van der Waals surface area contributed by atoms with Gasteiger partial charge >= 0.3 is 0 Å². The van der Waals surface area contributed by atoms with Crippen LogP contribution in [0.25, 0.3) is 21.8 Å². The molecule has 194 valence electrons. The predicted molar refractivity (Wildman–Crippen MR) is 143 cm³/mol. The van der Waals surface area contributed by atoms with Gasteiger partial charge in [-0.3, -0.25) is 0 Å². The predicted octanol–water partition coefficient (Wildman–Crippen LogP) is 0.342. The molecule has 0 aliphatic heterocycles. The van der Waals surface area contributed by atoms with Crippen LogP contribution >= 0.6 is 0 Å². The van der Waals surface area contributed by atoms with Crippen LogP contribution < -0.4 is 68.6 Å². The van der Waals surface area contributed by atoms with E-state index in [0.717, 1.165) is 35.2 Å². The molecule has 0 aliphatic rings. The van der Waals surface area contributed by atoms with Gasteiger partial charge in [0.15, 0.2) is 12.4 Å². The summed E-state index contributed by atoms with van der Waals surface area (Å²) < 4.78 is 4.69. The van der Waals surface area contributed by atoms with E-state index in [0.29, 0.717) is 0 Å². The molecule has 0 atom stereocenters. The quantitative estimate of drug-likeness (QED) is 0.120. The molecular formula is C30H40I2N4. The Kier molecular flexibility index (Phi) is 13.8. The Hall–Kier alpha value is -1.68. The van der Waals surface area contributed by atoms with Crippen molar-refractivity contribution in [3.05, 3.63) is 73.1 Å². The third-order valence-electron chi connectivity index (χ3n) is 6.97. The molecule has 0 unspecified atom stereocenters. The largest absolute Gasteiger partial charge is 1.00 e. The lowest BCUT2D eigenvalue weighted by Crippen LogP contribution is -3.00. The lowest BCUT2D eigenvalue weighted by atomic mass is 10.1. The molecule has 0 fully saturated rings. The molecule has 4 aromatic rings. The fraction of sp³-hybridized carbons (Fsp3) is 0.400. The molecule has 36 heavy (non-hydrogen) atoms. The molecule has 2 heterocycles. The zero-order valence-electron chi connectivity index (χ0n) is 21.2. The summed E-state index contributed by atoms with van der Waals surface area (Å²) >= 11 is 0. The topological polar surface area (TPSA) is 59.8 Å². The highest BCUT2D eigenvalue weighted by atomic mass is 127. The van der Waals surface area contributed by atoms with Crippen LogP contribution in [0.1, 0.15) is 64.2 Å². The van der Waals surface area contributed by atoms with Gasteiger partial charge < -0.3 is 59.4 Å². The molecule has 0 radical (unpaired) electrons. The third-order valence-corrected chi connectivity index (χ3v) is 6.97. The molecule has 6 heteroatoms. The second-order valence-electron chi connectivity index (χ2n) is 9.50. The van der Waals surface area contributed by atoms with Crippen LogP contribution in [-0.4, -0.2) is 0 Å². The number of hydrogen-bond acceptors (Lipinski definition) is 2. The Morgan fingerprint density at radius 1 is 0.444 bits per heavy atom. The standard InChI is InChI=1S/C30H38N4.2HI/c31-27-19-23-33(29-17-11-9-15-25(27)29)21-13-7-5-3-1-2-4-6-8-14-22-34-24-20-28(32)26-16-10-12-18-30(26)34;;/h9-12,15-20,23-24,31-32H,1-8,13-14,21-22H2;2*1H. The number of benzene rings is 2. The van der Waals surface area contributed by atoms with Crippen LogP contribution in [0.4, 0.5) is 11.4 Å². The molecule has 4 nitrogen and oxygen atoms in total. The van der Waals surface area contributed by atoms with Crippen molar-refractivity contribution in [3.8, 4) is 0 Å². The van der Waals surface area contributed by atoms with E-state index in [1.165, 1.54) is 75.2 Å². The van der Waals surface area contributed by atoms with Crippen LogP contribution in [0.3, 0.4) is 0 Å². The van der Waals surface area contributed by atoms with E-state index in [1.54, 1.807) is 0 Å². The average Bonchev–Trinajstić information content (AvgIpc) is 2.87. The van der Waals surface area contributed by atoms with Gasteiger partial charge in [0.05, 0.1) is 22.1 Å². The van der Waals surface area contributed by atoms with Crippen LogP contribution in [0.2, 0.25) is 0 Å². The summed E-state index contributed by atoms with van der Waals surface area (Å²) in [5.74, 6) is 0. The van der Waals surface area contributed by atoms with Gasteiger partial charge in [-0.25, -0.2) is 0 Å². The summed E-state index contributed by atoms with van der Waals surface area (Å²) in [5.41, 5.74) is 16.5. The van der Waals surface area contributed by atoms with E-state index in [9.17, 15) is 0 Å². The second-order valence-corrected chi connectivity index (χ2v) is 9.50. The number of nitrogen functional groups attached to an aromatic ring is 2. The van der Waals surface area contributed by atoms with Crippen molar-refractivity contribution in [2.24, 2.45) is 0 Å². The number of aromatic nitrogens is 2. The van der Waals surface area contributed by atoms with Crippen molar-refractivity contribution in [3.63, 3.8) is 0 Å². The minimum Gasteiger partial charge on any atom is -1.00 e. The molecular weight excluding hydrogens is 670 g/mol. The zero-order chi connectivity index (χ0) is 23.6. The SMILES string of the molecule is Nc1cc[n+](CCCCCCCCCCCC[n+]2ccc(N)c3ccccc32)c2ccccc12.[I-].[I-]. The van der Waals surface area contributed by atoms with Crippen LogP contribution in [0.5, 0.6) is 0 Å². The fourth-order valence-corrected chi connectivity index (χ4v) is 4.99. The molecule has 0 amide bonds. The number of nitrogens with zero attached hydrogens (tertiary/aromatic N) is 2. The number of fused-ring (bicyclic) bond motifs is 2. The molecule has 0 bridgehead atoms. The number of halogens is 2. The summed E-state index contributed by atoms with van der Waals surface area (Å²) in [6.45, 7) is 2.14. The smallest absolute Gasteiger partial charge is 0.214 e. The van der Waals surface area contributed by atoms with E-state index in [1.807, 2.05) is 12.1 Å². The van der Waals surface area contributed by atoms with Crippen molar-refractivity contribution < 1.29 is 57.1 Å². The average molecular weight is 710 g/mol. The first kappa shape index (κ1) is 30.5. The van der Waals surface area contributed by atoms with Gasteiger partial charge in [-0.1, -0.05) is 62.8 Å². The van der Waals surface area contributed by atoms with E-state index >= 15 is 0 Å². The maximum atomic E-state index is 6.12. The number of aryl methyl sites for hydroxylation is 2. The maximum absolute atomic E-state index is 6.12. The molecule has 2 aromatic carbocycles. The molecule has 0 saturated carbocycles. The van der Waals surface area contributed by atoms with Crippen LogP contribution in [0, 0.1) is 0 Å². The number of rotatable bonds is 13. The van der Waals surface area contributed by atoms with Gasteiger partial charge in [-0.2, -0.15) is 9.13 Å². The minimum atomic E-state index is 0. The van der Waals surface area contributed by atoms with Gasteiger partial charge in [0.2, 0.25) is 11.0 Å². The van der Waals surface area contributed by atoms with Crippen molar-refractivity contribution in [2.45, 2.75) is 77.3 Å². The molecule has 0 aliphatic carbocycles. The zero-order valence-corrected chi connectivity index (χ0v) is 25.5. The van der Waals surface area contributed by atoms with Gasteiger partial charge in [0, 0.05) is 37.1 Å². The Morgan fingerprint density at radius 3 is 1.17 bits per heavy atom. The lowest BCUT2D eigenvalue weighted by Gasteiger charge is -2.05. The number of nitrogens with two attached hydrogens (primary N) is 2. The number of para-hydroxylation sites is 2. The maximum Gasteiger partial charge on any atom is 0.214 e. The number of pyridine rings is 2. The second kappa shape index (κ2) is 16.2. The number of unbranched alkanes of at least 4 members (excludes halogenated alkanes) is 9. The van der Waals surface area contributed by atoms with E-state index in [-0.39, 0.29) is 48.0 Å². The van der Waals surface area contributed by atoms with E-state index in [4.69, 9.17) is 11.5 Å². The molecule has 0 spiro atoms.